The van der Waals surface area contributed by atoms with Crippen LogP contribution in [-0.2, 0) is 11.8 Å². The summed E-state index contributed by atoms with van der Waals surface area (Å²) in [5, 5.41) is 13.7. The summed E-state index contributed by atoms with van der Waals surface area (Å²) in [5.41, 5.74) is 7.22. The molecule has 6 heteroatoms. The van der Waals surface area contributed by atoms with Crippen LogP contribution < -0.4 is 5.73 Å². The third kappa shape index (κ3) is 2.72. The highest BCUT2D eigenvalue weighted by Gasteiger charge is 2.32. The molecule has 102 valence electrons. The number of aryl methyl sites for hydroxylation is 1. The van der Waals surface area contributed by atoms with Gasteiger partial charge in [-0.15, -0.1) is 0 Å². The van der Waals surface area contributed by atoms with E-state index in [2.05, 4.69) is 10.00 Å². The van der Waals surface area contributed by atoms with Crippen LogP contribution in [0.1, 0.15) is 18.5 Å². The van der Waals surface area contributed by atoms with E-state index in [1.165, 1.54) is 0 Å². The molecule has 2 heterocycles. The average Bonchev–Trinajstić information content (AvgIpc) is 2.76. The maximum atomic E-state index is 9.46. The van der Waals surface area contributed by atoms with Crippen molar-refractivity contribution >= 4 is 0 Å². The Bertz CT molecular complexity index is 380. The van der Waals surface area contributed by atoms with Crippen LogP contribution >= 0.6 is 0 Å². The number of nitrogens with two attached hydrogens (primary N) is 1. The number of aromatic nitrogens is 2. The van der Waals surface area contributed by atoms with E-state index in [0.29, 0.717) is 13.2 Å². The van der Waals surface area contributed by atoms with Crippen molar-refractivity contribution < 1.29 is 9.84 Å². The lowest BCUT2D eigenvalue weighted by molar-refractivity contribution is -0.0516. The predicted octanol–water partition coefficient (Wildman–Crippen LogP) is -0.498. The molecule has 1 aliphatic heterocycles. The second kappa shape index (κ2) is 5.79. The Morgan fingerprint density at radius 3 is 3.00 bits per heavy atom. The standard InChI is InChI=1S/C12H22N4O2/c1-9(13)12(10-5-14-15(2)6-10)16-3-4-18-8-11(16)7-17/h5-6,9,11-12,17H,3-4,7-8,13H2,1-2H3. The molecule has 1 fully saturated rings. The summed E-state index contributed by atoms with van der Waals surface area (Å²) in [4.78, 5) is 2.23. The Labute approximate surface area is 107 Å². The molecule has 0 amide bonds. The van der Waals surface area contributed by atoms with Crippen LogP contribution in [0, 0.1) is 0 Å². The second-order valence-electron chi connectivity index (χ2n) is 4.90. The van der Waals surface area contributed by atoms with E-state index in [1.807, 2.05) is 26.4 Å². The normalized spacial score (nSPS) is 25.0. The molecule has 0 aromatic carbocycles. The smallest absolute Gasteiger partial charge is 0.0645 e. The summed E-state index contributed by atoms with van der Waals surface area (Å²) in [6, 6.07) is 0.0519. The van der Waals surface area contributed by atoms with Crippen molar-refractivity contribution in [3.05, 3.63) is 18.0 Å². The van der Waals surface area contributed by atoms with Gasteiger partial charge in [0, 0.05) is 31.4 Å². The fourth-order valence-electron chi connectivity index (χ4n) is 2.58. The lowest BCUT2D eigenvalue weighted by atomic mass is 10.00. The van der Waals surface area contributed by atoms with E-state index in [-0.39, 0.29) is 24.7 Å². The third-order valence-electron chi connectivity index (χ3n) is 3.41. The van der Waals surface area contributed by atoms with E-state index in [9.17, 15) is 5.11 Å². The molecule has 1 aromatic rings. The first kappa shape index (κ1) is 13.5. The molecule has 6 nitrogen and oxygen atoms in total. The van der Waals surface area contributed by atoms with Gasteiger partial charge in [0.15, 0.2) is 0 Å². The van der Waals surface area contributed by atoms with E-state index >= 15 is 0 Å². The van der Waals surface area contributed by atoms with Gasteiger partial charge in [-0.2, -0.15) is 5.10 Å². The van der Waals surface area contributed by atoms with Crippen molar-refractivity contribution in [3.63, 3.8) is 0 Å². The highest BCUT2D eigenvalue weighted by Crippen LogP contribution is 2.26. The maximum Gasteiger partial charge on any atom is 0.0645 e. The molecule has 0 aliphatic carbocycles. The lowest BCUT2D eigenvalue weighted by Gasteiger charge is -2.41. The van der Waals surface area contributed by atoms with Crippen LogP contribution in [0.25, 0.3) is 0 Å². The molecule has 0 bridgehead atoms. The first-order valence-corrected chi connectivity index (χ1v) is 6.32. The minimum atomic E-state index is -0.0265. The van der Waals surface area contributed by atoms with Crippen LogP contribution in [0.15, 0.2) is 12.4 Å². The molecule has 0 radical (unpaired) electrons. The Balaban J connectivity index is 2.23. The molecule has 1 aliphatic rings. The zero-order chi connectivity index (χ0) is 13.1. The Morgan fingerprint density at radius 2 is 2.44 bits per heavy atom. The highest BCUT2D eigenvalue weighted by molar-refractivity contribution is 5.14. The van der Waals surface area contributed by atoms with Crippen LogP contribution in [-0.4, -0.2) is 58.2 Å². The quantitative estimate of drug-likeness (QED) is 0.757. The fourth-order valence-corrected chi connectivity index (χ4v) is 2.58. The van der Waals surface area contributed by atoms with Crippen molar-refractivity contribution in [2.24, 2.45) is 12.8 Å². The number of morpholine rings is 1. The average molecular weight is 254 g/mol. The third-order valence-corrected chi connectivity index (χ3v) is 3.41. The SMILES string of the molecule is CC(N)C(c1cnn(C)c1)N1CCOCC1CO. The van der Waals surface area contributed by atoms with Crippen molar-refractivity contribution in [2.75, 3.05) is 26.4 Å². The maximum absolute atomic E-state index is 9.46. The molecule has 18 heavy (non-hydrogen) atoms. The van der Waals surface area contributed by atoms with Crippen LogP contribution in [0.5, 0.6) is 0 Å². The Morgan fingerprint density at radius 1 is 1.67 bits per heavy atom. The van der Waals surface area contributed by atoms with Gasteiger partial charge in [-0.1, -0.05) is 0 Å². The lowest BCUT2D eigenvalue weighted by Crippen LogP contribution is -2.52. The minimum Gasteiger partial charge on any atom is -0.395 e. The molecule has 3 atom stereocenters. The first-order valence-electron chi connectivity index (χ1n) is 6.32. The number of hydrogen-bond donors (Lipinski definition) is 2. The summed E-state index contributed by atoms with van der Waals surface area (Å²) in [6.07, 6.45) is 3.83. The molecule has 1 saturated heterocycles. The summed E-state index contributed by atoms with van der Waals surface area (Å²) < 4.78 is 7.19. The van der Waals surface area contributed by atoms with Gasteiger partial charge in [0.1, 0.15) is 0 Å². The molecule has 3 unspecified atom stereocenters. The number of aliphatic hydroxyl groups is 1. The number of ether oxygens (including phenoxy) is 1. The molecule has 0 spiro atoms. The highest BCUT2D eigenvalue weighted by atomic mass is 16.5. The van der Waals surface area contributed by atoms with Crippen molar-refractivity contribution in [3.8, 4) is 0 Å². The van der Waals surface area contributed by atoms with Gasteiger partial charge >= 0.3 is 0 Å². The van der Waals surface area contributed by atoms with E-state index < -0.39 is 0 Å². The van der Waals surface area contributed by atoms with Gasteiger partial charge in [0.25, 0.3) is 0 Å². The van der Waals surface area contributed by atoms with E-state index in [4.69, 9.17) is 10.5 Å². The van der Waals surface area contributed by atoms with Gasteiger partial charge in [-0.05, 0) is 6.92 Å². The van der Waals surface area contributed by atoms with Crippen molar-refractivity contribution in [1.29, 1.82) is 0 Å². The zero-order valence-electron chi connectivity index (χ0n) is 11.0. The summed E-state index contributed by atoms with van der Waals surface area (Å²) in [5.74, 6) is 0. The molecule has 2 rings (SSSR count). The van der Waals surface area contributed by atoms with Crippen LogP contribution in [0.2, 0.25) is 0 Å². The summed E-state index contributed by atoms with van der Waals surface area (Å²) >= 11 is 0. The van der Waals surface area contributed by atoms with Gasteiger partial charge in [-0.3, -0.25) is 9.58 Å². The fraction of sp³-hybridized carbons (Fsp3) is 0.750. The Kier molecular flexibility index (Phi) is 4.34. The van der Waals surface area contributed by atoms with Crippen LogP contribution in [0.4, 0.5) is 0 Å². The minimum absolute atomic E-state index is 0.00922. The zero-order valence-corrected chi connectivity index (χ0v) is 11.0. The summed E-state index contributed by atoms with van der Waals surface area (Å²) in [6.45, 7) is 4.09. The van der Waals surface area contributed by atoms with Gasteiger partial charge in [-0.25, -0.2) is 0 Å². The molecule has 0 saturated carbocycles. The van der Waals surface area contributed by atoms with Gasteiger partial charge in [0.2, 0.25) is 0 Å². The van der Waals surface area contributed by atoms with E-state index in [0.717, 1.165) is 12.1 Å². The van der Waals surface area contributed by atoms with Crippen LogP contribution in [0.3, 0.4) is 0 Å². The monoisotopic (exact) mass is 254 g/mol. The largest absolute Gasteiger partial charge is 0.395 e. The van der Waals surface area contributed by atoms with Gasteiger partial charge in [0.05, 0.1) is 38.1 Å². The molecular formula is C12H22N4O2. The Hall–Kier alpha value is -0.950. The number of aliphatic hydroxyl groups excluding tert-OH is 1. The molecule has 3 N–H and O–H groups in total. The summed E-state index contributed by atoms with van der Waals surface area (Å²) in [7, 11) is 1.89. The topological polar surface area (TPSA) is 76.5 Å². The number of rotatable bonds is 4. The second-order valence-corrected chi connectivity index (χ2v) is 4.90. The van der Waals surface area contributed by atoms with Gasteiger partial charge < -0.3 is 15.6 Å². The molecule has 1 aromatic heterocycles. The predicted molar refractivity (Wildman–Crippen MR) is 68.0 cm³/mol. The van der Waals surface area contributed by atoms with Crippen molar-refractivity contribution in [1.82, 2.24) is 14.7 Å². The number of nitrogens with zero attached hydrogens (tertiary/aromatic N) is 3. The molecular weight excluding hydrogens is 232 g/mol. The van der Waals surface area contributed by atoms with Crippen molar-refractivity contribution in [2.45, 2.75) is 25.0 Å². The van der Waals surface area contributed by atoms with E-state index in [1.54, 1.807) is 4.68 Å². The first-order chi connectivity index (χ1) is 8.63. The number of hydrogen-bond acceptors (Lipinski definition) is 5.